The molecule has 2 rings (SSSR count). The SMILES string of the molecule is COc1ccc(C[NH2+]Cc2ccc(OC)cc2OC)c(OC)c1. The minimum Gasteiger partial charge on any atom is -0.497 e. The first-order chi connectivity index (χ1) is 11.2. The van der Waals surface area contributed by atoms with Crippen molar-refractivity contribution < 1.29 is 24.3 Å². The minimum atomic E-state index is 0.794. The Morgan fingerprint density at radius 3 is 1.43 bits per heavy atom. The lowest BCUT2D eigenvalue weighted by molar-refractivity contribution is -0.686. The van der Waals surface area contributed by atoms with Gasteiger partial charge in [0.25, 0.3) is 0 Å². The average Bonchev–Trinajstić information content (AvgIpc) is 2.61. The largest absolute Gasteiger partial charge is 0.497 e. The molecule has 2 aromatic rings. The van der Waals surface area contributed by atoms with Crippen molar-refractivity contribution in [3.8, 4) is 23.0 Å². The molecule has 0 aliphatic rings. The highest BCUT2D eigenvalue weighted by Gasteiger charge is 2.09. The average molecular weight is 318 g/mol. The maximum absolute atomic E-state index is 5.42. The Labute approximate surface area is 137 Å². The lowest BCUT2D eigenvalue weighted by atomic mass is 10.1. The molecule has 0 amide bonds. The number of ether oxygens (including phenoxy) is 4. The van der Waals surface area contributed by atoms with Crippen LogP contribution in [0, 0.1) is 0 Å². The van der Waals surface area contributed by atoms with Gasteiger partial charge in [-0.15, -0.1) is 0 Å². The number of benzene rings is 2. The fourth-order valence-electron chi connectivity index (χ4n) is 2.42. The first kappa shape index (κ1) is 17.0. The van der Waals surface area contributed by atoms with Crippen LogP contribution in [0.3, 0.4) is 0 Å². The van der Waals surface area contributed by atoms with Crippen LogP contribution in [0.4, 0.5) is 0 Å². The summed E-state index contributed by atoms with van der Waals surface area (Å²) in [4.78, 5) is 0. The fraction of sp³-hybridized carbons (Fsp3) is 0.333. The summed E-state index contributed by atoms with van der Waals surface area (Å²) in [7, 11) is 6.64. The molecule has 0 atom stereocenters. The maximum atomic E-state index is 5.42. The van der Waals surface area contributed by atoms with Crippen LogP contribution in [-0.4, -0.2) is 28.4 Å². The molecule has 23 heavy (non-hydrogen) atoms. The lowest BCUT2D eigenvalue weighted by Crippen LogP contribution is -2.80. The molecule has 0 saturated carbocycles. The summed E-state index contributed by atoms with van der Waals surface area (Å²) in [5.74, 6) is 3.26. The van der Waals surface area contributed by atoms with E-state index >= 15 is 0 Å². The fourth-order valence-corrected chi connectivity index (χ4v) is 2.42. The first-order valence-electron chi connectivity index (χ1n) is 7.45. The Morgan fingerprint density at radius 2 is 1.09 bits per heavy atom. The third kappa shape index (κ3) is 4.29. The highest BCUT2D eigenvalue weighted by Crippen LogP contribution is 2.25. The second-order valence-electron chi connectivity index (χ2n) is 5.05. The van der Waals surface area contributed by atoms with Crippen molar-refractivity contribution in [1.82, 2.24) is 0 Å². The molecule has 0 unspecified atom stereocenters. The molecule has 0 fully saturated rings. The van der Waals surface area contributed by atoms with Crippen LogP contribution < -0.4 is 24.3 Å². The quantitative estimate of drug-likeness (QED) is 0.809. The van der Waals surface area contributed by atoms with Crippen LogP contribution >= 0.6 is 0 Å². The predicted octanol–water partition coefficient (Wildman–Crippen LogP) is 1.98. The normalized spacial score (nSPS) is 10.3. The molecule has 5 heteroatoms. The van der Waals surface area contributed by atoms with Gasteiger partial charge in [-0.3, -0.25) is 0 Å². The van der Waals surface area contributed by atoms with Gasteiger partial charge in [0.1, 0.15) is 36.1 Å². The molecule has 0 bridgehead atoms. The highest BCUT2D eigenvalue weighted by molar-refractivity contribution is 5.41. The first-order valence-corrected chi connectivity index (χ1v) is 7.45. The van der Waals surface area contributed by atoms with E-state index in [1.165, 1.54) is 0 Å². The summed E-state index contributed by atoms with van der Waals surface area (Å²) < 4.78 is 21.3. The van der Waals surface area contributed by atoms with E-state index in [1.807, 2.05) is 36.4 Å². The number of hydrogen-bond donors (Lipinski definition) is 1. The van der Waals surface area contributed by atoms with Gasteiger partial charge in [0, 0.05) is 23.3 Å². The Hall–Kier alpha value is -2.40. The van der Waals surface area contributed by atoms with E-state index in [-0.39, 0.29) is 0 Å². The van der Waals surface area contributed by atoms with Gasteiger partial charge in [-0.1, -0.05) is 0 Å². The molecule has 2 aromatic carbocycles. The van der Waals surface area contributed by atoms with Crippen molar-refractivity contribution in [2.75, 3.05) is 28.4 Å². The summed E-state index contributed by atoms with van der Waals surface area (Å²) in [5.41, 5.74) is 2.25. The lowest BCUT2D eigenvalue weighted by Gasteiger charge is -2.11. The molecule has 0 aliphatic carbocycles. The van der Waals surface area contributed by atoms with Crippen LogP contribution in [0.15, 0.2) is 36.4 Å². The van der Waals surface area contributed by atoms with Crippen LogP contribution in [-0.2, 0) is 13.1 Å². The van der Waals surface area contributed by atoms with Crippen LogP contribution in [0.5, 0.6) is 23.0 Å². The third-order valence-electron chi connectivity index (χ3n) is 3.72. The van der Waals surface area contributed by atoms with Gasteiger partial charge in [0.2, 0.25) is 0 Å². The van der Waals surface area contributed by atoms with Gasteiger partial charge in [0.05, 0.1) is 28.4 Å². The molecular formula is C18H24NO4+. The Bertz CT molecular complexity index is 587. The zero-order chi connectivity index (χ0) is 16.7. The molecule has 0 heterocycles. The highest BCUT2D eigenvalue weighted by atomic mass is 16.5. The van der Waals surface area contributed by atoms with E-state index in [0.29, 0.717) is 0 Å². The van der Waals surface area contributed by atoms with E-state index < -0.39 is 0 Å². The van der Waals surface area contributed by atoms with Gasteiger partial charge in [-0.25, -0.2) is 0 Å². The molecule has 0 spiro atoms. The molecule has 124 valence electrons. The van der Waals surface area contributed by atoms with Crippen molar-refractivity contribution in [2.24, 2.45) is 0 Å². The molecule has 0 aliphatic heterocycles. The molecule has 2 N–H and O–H groups in total. The van der Waals surface area contributed by atoms with Crippen LogP contribution in [0.1, 0.15) is 11.1 Å². The molecule has 5 nitrogen and oxygen atoms in total. The van der Waals surface area contributed by atoms with E-state index in [2.05, 4.69) is 5.32 Å². The van der Waals surface area contributed by atoms with Crippen molar-refractivity contribution in [1.29, 1.82) is 0 Å². The second kappa shape index (κ2) is 8.29. The predicted molar refractivity (Wildman–Crippen MR) is 88.4 cm³/mol. The summed E-state index contributed by atoms with van der Waals surface area (Å²) >= 11 is 0. The molecular weight excluding hydrogens is 294 g/mol. The Kier molecular flexibility index (Phi) is 6.11. The summed E-state index contributed by atoms with van der Waals surface area (Å²) in [6.45, 7) is 1.62. The Balaban J connectivity index is 2.02. The number of quaternary nitrogens is 1. The van der Waals surface area contributed by atoms with E-state index in [1.54, 1.807) is 28.4 Å². The van der Waals surface area contributed by atoms with Gasteiger partial charge in [-0.05, 0) is 24.3 Å². The molecule has 0 saturated heterocycles. The second-order valence-corrected chi connectivity index (χ2v) is 5.05. The van der Waals surface area contributed by atoms with Gasteiger partial charge in [0.15, 0.2) is 0 Å². The summed E-state index contributed by atoms with van der Waals surface area (Å²) in [6.07, 6.45) is 0. The molecule has 0 radical (unpaired) electrons. The monoisotopic (exact) mass is 318 g/mol. The van der Waals surface area contributed by atoms with Gasteiger partial charge in [-0.2, -0.15) is 0 Å². The zero-order valence-corrected chi connectivity index (χ0v) is 14.1. The number of methoxy groups -OCH3 is 4. The number of rotatable bonds is 8. The Morgan fingerprint density at radius 1 is 0.652 bits per heavy atom. The topological polar surface area (TPSA) is 53.5 Å². The van der Waals surface area contributed by atoms with E-state index in [0.717, 1.165) is 47.2 Å². The standard InChI is InChI=1S/C18H23NO4/c1-20-15-7-5-13(17(9-15)22-3)11-19-12-14-6-8-16(21-2)10-18(14)23-4/h5-10,19H,11-12H2,1-4H3/p+1. The van der Waals surface area contributed by atoms with E-state index in [4.69, 9.17) is 18.9 Å². The van der Waals surface area contributed by atoms with Crippen LogP contribution in [0.2, 0.25) is 0 Å². The summed E-state index contributed by atoms with van der Waals surface area (Å²) in [6, 6.07) is 11.7. The number of hydrogen-bond acceptors (Lipinski definition) is 4. The van der Waals surface area contributed by atoms with Crippen molar-refractivity contribution in [2.45, 2.75) is 13.1 Å². The van der Waals surface area contributed by atoms with Crippen molar-refractivity contribution in [3.63, 3.8) is 0 Å². The maximum Gasteiger partial charge on any atom is 0.131 e. The minimum absolute atomic E-state index is 0.794. The van der Waals surface area contributed by atoms with Gasteiger partial charge < -0.3 is 24.3 Å². The van der Waals surface area contributed by atoms with Crippen LogP contribution in [0.25, 0.3) is 0 Å². The van der Waals surface area contributed by atoms with Gasteiger partial charge >= 0.3 is 0 Å². The van der Waals surface area contributed by atoms with E-state index in [9.17, 15) is 0 Å². The smallest absolute Gasteiger partial charge is 0.131 e. The zero-order valence-electron chi connectivity index (χ0n) is 14.1. The summed E-state index contributed by atoms with van der Waals surface area (Å²) in [5, 5.41) is 2.20. The van der Waals surface area contributed by atoms with Crippen molar-refractivity contribution >= 4 is 0 Å². The van der Waals surface area contributed by atoms with Crippen molar-refractivity contribution in [3.05, 3.63) is 47.5 Å². The third-order valence-corrected chi connectivity index (χ3v) is 3.72. The number of nitrogens with two attached hydrogens (primary N) is 1. The molecule has 0 aromatic heterocycles.